The summed E-state index contributed by atoms with van der Waals surface area (Å²) in [5.74, 6) is -1.35. The molecule has 2 rings (SSSR count). The Morgan fingerprint density at radius 2 is 2.33 bits per heavy atom. The molecular formula is C10H7Cl2NO4S. The number of methoxy groups -OCH3 is 1. The fraction of sp³-hybridized carbons (Fsp3) is 0.200. The van der Waals surface area contributed by atoms with Crippen molar-refractivity contribution in [1.29, 1.82) is 0 Å². The average Bonchev–Trinajstić information content (AvgIpc) is 2.83. The third-order valence-electron chi connectivity index (χ3n) is 2.06. The molecule has 2 aromatic rings. The van der Waals surface area contributed by atoms with Crippen LogP contribution in [0.25, 0.3) is 11.5 Å². The maximum Gasteiger partial charge on any atom is 0.373 e. The molecule has 2 heterocycles. The van der Waals surface area contributed by atoms with Gasteiger partial charge in [-0.15, -0.1) is 11.3 Å². The van der Waals surface area contributed by atoms with Crippen LogP contribution >= 0.6 is 34.5 Å². The Morgan fingerprint density at radius 1 is 1.61 bits per heavy atom. The molecule has 2 aromatic heterocycles. The normalized spacial score (nSPS) is 10.8. The number of oxazole rings is 1. The highest BCUT2D eigenvalue weighted by Gasteiger charge is 2.22. The fourth-order valence-corrected chi connectivity index (χ4v) is 2.80. The Bertz CT molecular complexity index is 593. The van der Waals surface area contributed by atoms with E-state index >= 15 is 0 Å². The van der Waals surface area contributed by atoms with Gasteiger partial charge in [0.1, 0.15) is 10.0 Å². The predicted octanol–water partition coefficient (Wildman–Crippen LogP) is 3.55. The molecule has 0 aromatic carbocycles. The van der Waals surface area contributed by atoms with Crippen molar-refractivity contribution in [2.45, 2.75) is 6.61 Å². The molecule has 18 heavy (non-hydrogen) atoms. The van der Waals surface area contributed by atoms with Gasteiger partial charge in [0.2, 0.25) is 11.7 Å². The number of ether oxygens (including phenoxy) is 1. The molecular weight excluding hydrogens is 301 g/mol. The van der Waals surface area contributed by atoms with Crippen LogP contribution in [0.15, 0.2) is 10.5 Å². The van der Waals surface area contributed by atoms with Crippen LogP contribution in [0.4, 0.5) is 0 Å². The molecule has 8 heteroatoms. The molecule has 0 radical (unpaired) electrons. The quantitative estimate of drug-likeness (QED) is 0.935. The van der Waals surface area contributed by atoms with E-state index in [0.717, 1.165) is 11.3 Å². The Labute approximate surface area is 116 Å². The minimum Gasteiger partial charge on any atom is -0.475 e. The minimum absolute atomic E-state index is 0.0423. The number of hydrogen-bond acceptors (Lipinski definition) is 5. The van der Waals surface area contributed by atoms with E-state index in [9.17, 15) is 4.79 Å². The number of nitrogens with zero attached hydrogens (tertiary/aromatic N) is 1. The van der Waals surface area contributed by atoms with E-state index < -0.39 is 5.97 Å². The Morgan fingerprint density at radius 3 is 2.83 bits per heavy atom. The van der Waals surface area contributed by atoms with E-state index in [1.54, 1.807) is 6.07 Å². The second-order valence-corrected chi connectivity index (χ2v) is 5.56. The summed E-state index contributed by atoms with van der Waals surface area (Å²) in [6.45, 7) is 0.0423. The maximum absolute atomic E-state index is 11.0. The highest BCUT2D eigenvalue weighted by molar-refractivity contribution is 7.20. The molecule has 0 spiro atoms. The Hall–Kier alpha value is -1.08. The summed E-state index contributed by atoms with van der Waals surface area (Å²) < 4.78 is 10.9. The largest absolute Gasteiger partial charge is 0.475 e. The van der Waals surface area contributed by atoms with Crippen LogP contribution < -0.4 is 0 Å². The van der Waals surface area contributed by atoms with E-state index in [0.29, 0.717) is 14.2 Å². The molecule has 0 bridgehead atoms. The molecule has 0 aliphatic heterocycles. The molecule has 0 saturated heterocycles. The van der Waals surface area contributed by atoms with E-state index in [1.807, 2.05) is 0 Å². The number of carboxylic acids is 1. The van der Waals surface area contributed by atoms with Gasteiger partial charge in [-0.3, -0.25) is 0 Å². The first-order chi connectivity index (χ1) is 8.52. The topological polar surface area (TPSA) is 72.6 Å². The number of halogens is 2. The third kappa shape index (κ3) is 2.51. The molecule has 5 nitrogen and oxygen atoms in total. The number of carboxylic acid groups (broad SMARTS) is 1. The summed E-state index contributed by atoms with van der Waals surface area (Å²) >= 11 is 12.9. The molecule has 0 aliphatic rings. The van der Waals surface area contributed by atoms with Crippen molar-refractivity contribution in [1.82, 2.24) is 4.98 Å². The van der Waals surface area contributed by atoms with Gasteiger partial charge in [-0.2, -0.15) is 0 Å². The van der Waals surface area contributed by atoms with Gasteiger partial charge in [0.05, 0.1) is 16.5 Å². The first-order valence-corrected chi connectivity index (χ1v) is 6.27. The summed E-state index contributed by atoms with van der Waals surface area (Å²) in [7, 11) is 1.44. The zero-order valence-electron chi connectivity index (χ0n) is 9.07. The Kier molecular flexibility index (Phi) is 3.91. The van der Waals surface area contributed by atoms with E-state index in [2.05, 4.69) is 4.98 Å². The van der Waals surface area contributed by atoms with Crippen LogP contribution in [0.1, 0.15) is 16.2 Å². The number of aromatic carboxylic acids is 1. The maximum atomic E-state index is 11.0. The average molecular weight is 308 g/mol. The zero-order chi connectivity index (χ0) is 13.3. The monoisotopic (exact) mass is 307 g/mol. The zero-order valence-corrected chi connectivity index (χ0v) is 11.4. The number of hydrogen-bond donors (Lipinski definition) is 1. The minimum atomic E-state index is -1.21. The summed E-state index contributed by atoms with van der Waals surface area (Å²) in [5.41, 5.74) is 0.676. The number of thiophene rings is 1. The lowest BCUT2D eigenvalue weighted by Crippen LogP contribution is -2.00. The van der Waals surface area contributed by atoms with E-state index in [-0.39, 0.29) is 24.0 Å². The smallest absolute Gasteiger partial charge is 0.373 e. The van der Waals surface area contributed by atoms with Gasteiger partial charge in [0.25, 0.3) is 0 Å². The predicted molar refractivity (Wildman–Crippen MR) is 67.5 cm³/mol. The standard InChI is InChI=1S/C10H7Cl2NO4S/c1-16-3-5-7(10(14)15)17-9(13-5)4-2-6(11)18-8(4)12/h2H,3H2,1H3,(H,14,15). The molecule has 0 fully saturated rings. The number of rotatable bonds is 4. The van der Waals surface area contributed by atoms with Gasteiger partial charge >= 0.3 is 5.97 Å². The van der Waals surface area contributed by atoms with Crippen molar-refractivity contribution in [3.8, 4) is 11.5 Å². The van der Waals surface area contributed by atoms with Crippen LogP contribution in [0.3, 0.4) is 0 Å². The van der Waals surface area contributed by atoms with Crippen LogP contribution in [-0.4, -0.2) is 23.2 Å². The van der Waals surface area contributed by atoms with Gasteiger partial charge in [0.15, 0.2) is 0 Å². The van der Waals surface area contributed by atoms with Crippen LogP contribution in [-0.2, 0) is 11.3 Å². The van der Waals surface area contributed by atoms with Gasteiger partial charge in [-0.05, 0) is 6.07 Å². The second-order valence-electron chi connectivity index (χ2n) is 3.27. The van der Waals surface area contributed by atoms with Gasteiger partial charge in [0, 0.05) is 7.11 Å². The molecule has 96 valence electrons. The van der Waals surface area contributed by atoms with Crippen molar-refractivity contribution < 1.29 is 19.1 Å². The van der Waals surface area contributed by atoms with Crippen molar-refractivity contribution >= 4 is 40.5 Å². The lowest BCUT2D eigenvalue weighted by Gasteiger charge is -1.92. The van der Waals surface area contributed by atoms with Crippen molar-refractivity contribution in [3.05, 3.63) is 26.2 Å². The first-order valence-electron chi connectivity index (χ1n) is 4.70. The van der Waals surface area contributed by atoms with E-state index in [4.69, 9.17) is 37.5 Å². The second kappa shape index (κ2) is 5.27. The van der Waals surface area contributed by atoms with E-state index in [1.165, 1.54) is 7.11 Å². The SMILES string of the molecule is COCc1nc(-c2cc(Cl)sc2Cl)oc1C(=O)O. The summed E-state index contributed by atoms with van der Waals surface area (Å²) in [6.07, 6.45) is 0. The first kappa shape index (κ1) is 13.4. The Balaban J connectivity index is 2.49. The molecule has 0 atom stereocenters. The van der Waals surface area contributed by atoms with Crippen molar-refractivity contribution in [2.24, 2.45) is 0 Å². The van der Waals surface area contributed by atoms with Crippen LogP contribution in [0, 0.1) is 0 Å². The molecule has 0 amide bonds. The number of aromatic nitrogens is 1. The summed E-state index contributed by atoms with van der Waals surface area (Å²) in [4.78, 5) is 15.0. The summed E-state index contributed by atoms with van der Waals surface area (Å²) in [5, 5.41) is 8.98. The van der Waals surface area contributed by atoms with Crippen molar-refractivity contribution in [3.63, 3.8) is 0 Å². The summed E-state index contributed by atoms with van der Waals surface area (Å²) in [6, 6.07) is 1.57. The van der Waals surface area contributed by atoms with Gasteiger partial charge < -0.3 is 14.3 Å². The molecule has 1 N–H and O–H groups in total. The highest BCUT2D eigenvalue weighted by atomic mass is 35.5. The molecule has 0 saturated carbocycles. The lowest BCUT2D eigenvalue weighted by atomic mass is 10.3. The molecule has 0 aliphatic carbocycles. The number of carbonyl (C=O) groups is 1. The van der Waals surface area contributed by atoms with Gasteiger partial charge in [-0.25, -0.2) is 9.78 Å². The van der Waals surface area contributed by atoms with Gasteiger partial charge in [-0.1, -0.05) is 23.2 Å². The van der Waals surface area contributed by atoms with Crippen LogP contribution in [0.2, 0.25) is 8.67 Å². The third-order valence-corrected chi connectivity index (χ3v) is 3.55. The molecule has 0 unspecified atom stereocenters. The lowest BCUT2D eigenvalue weighted by molar-refractivity contribution is 0.0656. The van der Waals surface area contributed by atoms with Crippen LogP contribution in [0.5, 0.6) is 0 Å². The fourth-order valence-electron chi connectivity index (χ4n) is 1.35. The van der Waals surface area contributed by atoms with Crippen molar-refractivity contribution in [2.75, 3.05) is 7.11 Å². The highest BCUT2D eigenvalue weighted by Crippen LogP contribution is 2.38.